The summed E-state index contributed by atoms with van der Waals surface area (Å²) < 4.78 is 6.61. The van der Waals surface area contributed by atoms with Crippen molar-refractivity contribution >= 4 is 22.5 Å². The van der Waals surface area contributed by atoms with Gasteiger partial charge in [-0.3, -0.25) is 19.0 Å². The van der Waals surface area contributed by atoms with Gasteiger partial charge in [0.05, 0.1) is 23.6 Å². The summed E-state index contributed by atoms with van der Waals surface area (Å²) in [7, 11) is 1.57. The summed E-state index contributed by atoms with van der Waals surface area (Å²) in [5.41, 5.74) is 2.43. The van der Waals surface area contributed by atoms with Crippen LogP contribution < -0.4 is 15.6 Å². The van der Waals surface area contributed by atoms with Crippen molar-refractivity contribution in [2.75, 3.05) is 13.7 Å². The van der Waals surface area contributed by atoms with Crippen LogP contribution in [-0.2, 0) is 6.42 Å². The van der Waals surface area contributed by atoms with E-state index in [2.05, 4.69) is 15.3 Å². The Morgan fingerprint density at radius 2 is 2.07 bits per heavy atom. The van der Waals surface area contributed by atoms with Crippen LogP contribution in [-0.4, -0.2) is 33.9 Å². The molecule has 0 fully saturated rings. The average molecular weight is 402 g/mol. The molecule has 0 radical (unpaired) electrons. The van der Waals surface area contributed by atoms with Gasteiger partial charge < -0.3 is 10.1 Å². The van der Waals surface area contributed by atoms with Crippen LogP contribution in [0.2, 0.25) is 0 Å². The van der Waals surface area contributed by atoms with E-state index in [0.29, 0.717) is 34.4 Å². The molecule has 0 aliphatic carbocycles. The number of pyridine rings is 2. The van der Waals surface area contributed by atoms with Crippen LogP contribution in [0.15, 0.2) is 65.8 Å². The highest BCUT2D eigenvalue weighted by Crippen LogP contribution is 2.17. The van der Waals surface area contributed by atoms with Crippen molar-refractivity contribution in [1.29, 1.82) is 0 Å². The monoisotopic (exact) mass is 402 g/mol. The van der Waals surface area contributed by atoms with Crippen LogP contribution in [0.4, 0.5) is 0 Å². The van der Waals surface area contributed by atoms with Gasteiger partial charge in [0.2, 0.25) is 0 Å². The smallest absolute Gasteiger partial charge is 0.265 e. The molecular formula is C23H22N4O3. The number of rotatable bonds is 7. The molecule has 3 aromatic heterocycles. The summed E-state index contributed by atoms with van der Waals surface area (Å²) in [5.74, 6) is 0.429. The van der Waals surface area contributed by atoms with Crippen molar-refractivity contribution in [3.8, 4) is 5.75 Å². The Morgan fingerprint density at radius 1 is 1.17 bits per heavy atom. The summed E-state index contributed by atoms with van der Waals surface area (Å²) in [6, 6.07) is 12.5. The number of aromatic nitrogens is 3. The highest BCUT2D eigenvalue weighted by Gasteiger charge is 2.10. The molecule has 30 heavy (non-hydrogen) atoms. The zero-order valence-corrected chi connectivity index (χ0v) is 16.7. The Kier molecular flexibility index (Phi) is 5.70. The van der Waals surface area contributed by atoms with Crippen LogP contribution in [0.25, 0.3) is 16.6 Å². The topological polar surface area (TPSA) is 85.6 Å². The molecule has 152 valence electrons. The van der Waals surface area contributed by atoms with Gasteiger partial charge in [0, 0.05) is 31.2 Å². The number of fused-ring (bicyclic) bond motifs is 2. The largest absolute Gasteiger partial charge is 0.497 e. The lowest BCUT2D eigenvalue weighted by atomic mass is 10.1. The minimum Gasteiger partial charge on any atom is -0.497 e. The maximum absolute atomic E-state index is 12.8. The summed E-state index contributed by atoms with van der Waals surface area (Å²) in [6.07, 6.45) is 7.91. The Balaban J connectivity index is 1.44. The number of hydrogen-bond acceptors (Lipinski definition) is 5. The number of ether oxygens (including phenoxy) is 1. The fourth-order valence-electron chi connectivity index (χ4n) is 3.35. The first kappa shape index (κ1) is 19.6. The van der Waals surface area contributed by atoms with E-state index >= 15 is 0 Å². The Morgan fingerprint density at radius 3 is 2.87 bits per heavy atom. The maximum Gasteiger partial charge on any atom is 0.265 e. The quantitative estimate of drug-likeness (QED) is 0.379. The number of hydrogen-bond donors (Lipinski definition) is 1. The first-order chi connectivity index (χ1) is 14.7. The molecule has 7 heteroatoms. The van der Waals surface area contributed by atoms with E-state index < -0.39 is 0 Å². The lowest BCUT2D eigenvalue weighted by Crippen LogP contribution is -2.26. The summed E-state index contributed by atoms with van der Waals surface area (Å²) >= 11 is 0. The van der Waals surface area contributed by atoms with Crippen molar-refractivity contribution in [2.24, 2.45) is 0 Å². The minimum atomic E-state index is -0.219. The molecule has 7 nitrogen and oxygen atoms in total. The standard InChI is InChI=1S/C23H22N4O3/c1-30-18-8-9-19-20(13-18)26-21-10-7-17(15-27(21)23(19)29)22(28)25-12-3-2-5-16-6-4-11-24-14-16/h4,6-11,13-15H,2-3,5,12H2,1H3,(H,25,28). The first-order valence-electron chi connectivity index (χ1n) is 9.83. The number of nitrogens with zero attached hydrogens (tertiary/aromatic N) is 3. The molecule has 0 bridgehead atoms. The highest BCUT2D eigenvalue weighted by atomic mass is 16.5. The number of carbonyl (C=O) groups excluding carboxylic acids is 1. The maximum atomic E-state index is 12.8. The predicted molar refractivity (Wildman–Crippen MR) is 115 cm³/mol. The van der Waals surface area contributed by atoms with Crippen molar-refractivity contribution in [3.05, 3.63) is 82.5 Å². The Bertz CT molecular complexity index is 1250. The molecule has 4 aromatic rings. The van der Waals surface area contributed by atoms with Crippen LogP contribution in [0.5, 0.6) is 5.75 Å². The molecule has 4 rings (SSSR count). The molecular weight excluding hydrogens is 380 g/mol. The molecule has 0 saturated heterocycles. The van der Waals surface area contributed by atoms with E-state index in [1.165, 1.54) is 9.96 Å². The summed E-state index contributed by atoms with van der Waals surface area (Å²) in [5, 5.41) is 3.39. The van der Waals surface area contributed by atoms with Gasteiger partial charge in [0.25, 0.3) is 11.5 Å². The zero-order valence-electron chi connectivity index (χ0n) is 16.7. The van der Waals surface area contributed by atoms with E-state index in [1.54, 1.807) is 49.8 Å². The Labute approximate surface area is 173 Å². The van der Waals surface area contributed by atoms with Gasteiger partial charge in [-0.15, -0.1) is 0 Å². The molecule has 0 spiro atoms. The molecule has 3 heterocycles. The van der Waals surface area contributed by atoms with Crippen molar-refractivity contribution in [2.45, 2.75) is 19.3 Å². The third-order valence-corrected chi connectivity index (χ3v) is 4.98. The lowest BCUT2D eigenvalue weighted by Gasteiger charge is -2.08. The van der Waals surface area contributed by atoms with Gasteiger partial charge >= 0.3 is 0 Å². The molecule has 0 aliphatic heterocycles. The number of aryl methyl sites for hydroxylation is 1. The van der Waals surface area contributed by atoms with Gasteiger partial charge in [-0.05, 0) is 55.2 Å². The Hall–Kier alpha value is -3.74. The zero-order chi connectivity index (χ0) is 20.9. The van der Waals surface area contributed by atoms with E-state index in [1.807, 2.05) is 18.3 Å². The molecule has 1 amide bonds. The minimum absolute atomic E-state index is 0.208. The van der Waals surface area contributed by atoms with Crippen molar-refractivity contribution in [1.82, 2.24) is 19.7 Å². The molecule has 0 aliphatic rings. The number of methoxy groups -OCH3 is 1. The first-order valence-corrected chi connectivity index (χ1v) is 9.83. The number of amides is 1. The van der Waals surface area contributed by atoms with Gasteiger partial charge in [0.15, 0.2) is 0 Å². The van der Waals surface area contributed by atoms with Crippen LogP contribution >= 0.6 is 0 Å². The number of benzene rings is 1. The van der Waals surface area contributed by atoms with Crippen LogP contribution in [0, 0.1) is 0 Å². The summed E-state index contributed by atoms with van der Waals surface area (Å²) in [6.45, 7) is 0.571. The summed E-state index contributed by atoms with van der Waals surface area (Å²) in [4.78, 5) is 34.0. The van der Waals surface area contributed by atoms with Crippen molar-refractivity contribution in [3.63, 3.8) is 0 Å². The van der Waals surface area contributed by atoms with E-state index in [0.717, 1.165) is 19.3 Å². The predicted octanol–water partition coefficient (Wildman–Crippen LogP) is 3.00. The number of nitrogens with one attached hydrogen (secondary N) is 1. The van der Waals surface area contributed by atoms with Crippen molar-refractivity contribution < 1.29 is 9.53 Å². The number of carbonyl (C=O) groups is 1. The molecule has 0 saturated carbocycles. The average Bonchev–Trinajstić information content (AvgIpc) is 2.79. The van der Waals surface area contributed by atoms with Gasteiger partial charge in [0.1, 0.15) is 11.4 Å². The van der Waals surface area contributed by atoms with E-state index in [-0.39, 0.29) is 11.5 Å². The van der Waals surface area contributed by atoms with E-state index in [4.69, 9.17) is 4.74 Å². The van der Waals surface area contributed by atoms with Crippen LogP contribution in [0.3, 0.4) is 0 Å². The van der Waals surface area contributed by atoms with Gasteiger partial charge in [-0.2, -0.15) is 0 Å². The van der Waals surface area contributed by atoms with Crippen LogP contribution in [0.1, 0.15) is 28.8 Å². The fourth-order valence-corrected chi connectivity index (χ4v) is 3.35. The second-order valence-corrected chi connectivity index (χ2v) is 7.02. The fraction of sp³-hybridized carbons (Fsp3) is 0.217. The SMILES string of the molecule is COc1ccc2c(=O)n3cc(C(=O)NCCCCc4cccnc4)ccc3nc2c1. The molecule has 1 N–H and O–H groups in total. The lowest BCUT2D eigenvalue weighted by molar-refractivity contribution is 0.0952. The normalized spacial score (nSPS) is 11.0. The number of unbranched alkanes of at least 4 members (excludes halogenated alkanes) is 1. The molecule has 0 atom stereocenters. The third-order valence-electron chi connectivity index (χ3n) is 4.98. The second kappa shape index (κ2) is 8.73. The van der Waals surface area contributed by atoms with Gasteiger partial charge in [-0.25, -0.2) is 4.98 Å². The highest BCUT2D eigenvalue weighted by molar-refractivity contribution is 5.94. The molecule has 1 aromatic carbocycles. The second-order valence-electron chi connectivity index (χ2n) is 7.02. The third kappa shape index (κ3) is 4.15. The van der Waals surface area contributed by atoms with E-state index in [9.17, 15) is 9.59 Å². The van der Waals surface area contributed by atoms with Gasteiger partial charge in [-0.1, -0.05) is 6.07 Å². The molecule has 0 unspecified atom stereocenters.